The highest BCUT2D eigenvalue weighted by atomic mass is 19.1. The zero-order chi connectivity index (χ0) is 18.6. The Morgan fingerprint density at radius 1 is 1.36 bits per heavy atom. The van der Waals surface area contributed by atoms with E-state index in [-0.39, 0.29) is 17.4 Å². The van der Waals surface area contributed by atoms with E-state index in [4.69, 9.17) is 0 Å². The van der Waals surface area contributed by atoms with E-state index >= 15 is 0 Å². The van der Waals surface area contributed by atoms with E-state index in [1.54, 1.807) is 33.8 Å². The highest BCUT2D eigenvalue weighted by Crippen LogP contribution is 2.28. The summed E-state index contributed by atoms with van der Waals surface area (Å²) < 4.78 is 16.0. The Morgan fingerprint density at radius 3 is 2.52 bits per heavy atom. The van der Waals surface area contributed by atoms with Gasteiger partial charge in [-0.2, -0.15) is 9.78 Å². The minimum atomic E-state index is -0.712. The van der Waals surface area contributed by atoms with E-state index in [1.807, 2.05) is 30.3 Å². The average Bonchev–Trinajstić information content (AvgIpc) is 2.90. The summed E-state index contributed by atoms with van der Waals surface area (Å²) in [5.74, 6) is -0.900. The van der Waals surface area contributed by atoms with Crippen LogP contribution in [0.2, 0.25) is 0 Å². The second kappa shape index (κ2) is 7.42. The van der Waals surface area contributed by atoms with Gasteiger partial charge < -0.3 is 5.32 Å². The van der Waals surface area contributed by atoms with Crippen molar-refractivity contribution in [3.8, 4) is 0 Å². The molecular formula is C19H23FN4O. The molecule has 0 bridgehead atoms. The molecule has 1 N–H and O–H groups in total. The van der Waals surface area contributed by atoms with Crippen LogP contribution in [0, 0.1) is 11.2 Å². The fraction of sp³-hybridized carbons (Fsp3) is 0.316. The molecule has 0 amide bonds. The van der Waals surface area contributed by atoms with Crippen molar-refractivity contribution >= 4 is 24.1 Å². The lowest BCUT2D eigenvalue weighted by Crippen LogP contribution is -2.29. The molecule has 0 unspecified atom stereocenters. The van der Waals surface area contributed by atoms with Crippen LogP contribution in [0.3, 0.4) is 0 Å². The van der Waals surface area contributed by atoms with Gasteiger partial charge in [-0.25, -0.2) is 4.39 Å². The van der Waals surface area contributed by atoms with Gasteiger partial charge >= 0.3 is 0 Å². The molecule has 0 saturated carbocycles. The van der Waals surface area contributed by atoms with Gasteiger partial charge in [-0.1, -0.05) is 57.2 Å². The van der Waals surface area contributed by atoms with Crippen molar-refractivity contribution in [3.63, 3.8) is 0 Å². The Kier molecular flexibility index (Phi) is 5.51. The van der Waals surface area contributed by atoms with Gasteiger partial charge in [-0.15, -0.1) is 0 Å². The van der Waals surface area contributed by atoms with Crippen molar-refractivity contribution in [2.45, 2.75) is 34.2 Å². The van der Waals surface area contributed by atoms with Crippen LogP contribution in [0.5, 0.6) is 0 Å². The normalized spacial score (nSPS) is 12.1. The molecule has 0 radical (unpaired) electrons. The quantitative estimate of drug-likeness (QED) is 0.820. The van der Waals surface area contributed by atoms with E-state index in [0.29, 0.717) is 12.2 Å². The molecule has 0 saturated heterocycles. The second-order valence-corrected chi connectivity index (χ2v) is 6.65. The van der Waals surface area contributed by atoms with E-state index in [2.05, 4.69) is 22.1 Å². The summed E-state index contributed by atoms with van der Waals surface area (Å²) in [6.45, 7) is 10.8. The zero-order valence-corrected chi connectivity index (χ0v) is 15.0. The first-order valence-corrected chi connectivity index (χ1v) is 8.04. The number of carbonyl (C=O) groups is 1. The lowest BCUT2D eigenvalue weighted by molar-refractivity contribution is 0.0751. The number of aliphatic imine (C=N–C) groups is 1. The SMILES string of the molecule is C=NC(=CC)c1nn(C(=O)C(C)(C)C)c(NCc2ccccc2)c1F. The molecule has 1 heterocycles. The number of allylic oxidation sites excluding steroid dienone is 1. The van der Waals surface area contributed by atoms with Crippen molar-refractivity contribution < 1.29 is 9.18 Å². The molecule has 2 aromatic rings. The molecular weight excluding hydrogens is 319 g/mol. The van der Waals surface area contributed by atoms with Gasteiger partial charge in [0.25, 0.3) is 5.91 Å². The Labute approximate surface area is 147 Å². The molecule has 0 fully saturated rings. The lowest BCUT2D eigenvalue weighted by Gasteiger charge is -2.18. The average molecular weight is 342 g/mol. The van der Waals surface area contributed by atoms with Crippen LogP contribution in [0.25, 0.3) is 5.70 Å². The first-order chi connectivity index (χ1) is 11.8. The Morgan fingerprint density at radius 2 is 2.00 bits per heavy atom. The minimum Gasteiger partial charge on any atom is -0.363 e. The number of nitrogens with zero attached hydrogens (tertiary/aromatic N) is 3. The van der Waals surface area contributed by atoms with Crippen LogP contribution in [0.15, 0.2) is 41.4 Å². The van der Waals surface area contributed by atoms with Gasteiger partial charge in [0.1, 0.15) is 5.69 Å². The maximum absolute atomic E-state index is 14.9. The molecule has 0 atom stereocenters. The summed E-state index contributed by atoms with van der Waals surface area (Å²) in [6, 6.07) is 9.54. The first-order valence-electron chi connectivity index (χ1n) is 8.04. The highest BCUT2D eigenvalue weighted by molar-refractivity contribution is 5.87. The number of anilines is 1. The van der Waals surface area contributed by atoms with Crippen molar-refractivity contribution in [1.29, 1.82) is 0 Å². The van der Waals surface area contributed by atoms with Crippen molar-refractivity contribution in [2.75, 3.05) is 5.32 Å². The van der Waals surface area contributed by atoms with E-state index < -0.39 is 11.2 Å². The van der Waals surface area contributed by atoms with Gasteiger partial charge in [0.15, 0.2) is 11.6 Å². The molecule has 0 aliphatic rings. The molecule has 1 aromatic carbocycles. The van der Waals surface area contributed by atoms with Crippen LogP contribution >= 0.6 is 0 Å². The molecule has 132 valence electrons. The Balaban J connectivity index is 2.47. The monoisotopic (exact) mass is 342 g/mol. The molecule has 0 spiro atoms. The summed E-state index contributed by atoms with van der Waals surface area (Å²) in [4.78, 5) is 16.5. The first kappa shape index (κ1) is 18.6. The third-order valence-corrected chi connectivity index (χ3v) is 3.65. The van der Waals surface area contributed by atoms with E-state index in [0.717, 1.165) is 10.2 Å². The fourth-order valence-corrected chi connectivity index (χ4v) is 2.26. The summed E-state index contributed by atoms with van der Waals surface area (Å²) in [7, 11) is 0. The van der Waals surface area contributed by atoms with E-state index in [1.165, 1.54) is 0 Å². The molecule has 0 aliphatic carbocycles. The third kappa shape index (κ3) is 4.02. The lowest BCUT2D eigenvalue weighted by atomic mass is 9.96. The number of aromatic nitrogens is 2. The Hall–Kier alpha value is -2.76. The Bertz CT molecular complexity index is 801. The number of hydrogen-bond donors (Lipinski definition) is 1. The largest absolute Gasteiger partial charge is 0.363 e. The summed E-state index contributed by atoms with van der Waals surface area (Å²) >= 11 is 0. The van der Waals surface area contributed by atoms with Gasteiger partial charge in [-0.05, 0) is 19.2 Å². The predicted octanol–water partition coefficient (Wildman–Crippen LogP) is 4.38. The molecule has 0 aliphatic heterocycles. The molecule has 25 heavy (non-hydrogen) atoms. The predicted molar refractivity (Wildman–Crippen MR) is 99.2 cm³/mol. The van der Waals surface area contributed by atoms with Crippen LogP contribution in [0.1, 0.15) is 43.7 Å². The smallest absolute Gasteiger partial charge is 0.254 e. The topological polar surface area (TPSA) is 59.3 Å². The van der Waals surface area contributed by atoms with Crippen LogP contribution in [-0.4, -0.2) is 22.4 Å². The maximum Gasteiger partial charge on any atom is 0.254 e. The summed E-state index contributed by atoms with van der Waals surface area (Å²) in [6.07, 6.45) is 1.60. The van der Waals surface area contributed by atoms with Crippen LogP contribution < -0.4 is 5.32 Å². The van der Waals surface area contributed by atoms with Crippen molar-refractivity contribution in [2.24, 2.45) is 10.4 Å². The van der Waals surface area contributed by atoms with E-state index in [9.17, 15) is 9.18 Å². The number of nitrogens with one attached hydrogen (secondary N) is 1. The van der Waals surface area contributed by atoms with Gasteiger partial charge in [0.2, 0.25) is 0 Å². The van der Waals surface area contributed by atoms with Gasteiger partial charge in [-0.3, -0.25) is 9.79 Å². The second-order valence-electron chi connectivity index (χ2n) is 6.65. The van der Waals surface area contributed by atoms with Crippen LogP contribution in [-0.2, 0) is 6.54 Å². The molecule has 1 aromatic heterocycles. The van der Waals surface area contributed by atoms with Gasteiger partial charge in [0, 0.05) is 12.0 Å². The summed E-state index contributed by atoms with van der Waals surface area (Å²) in [5, 5.41) is 7.15. The number of benzene rings is 1. The van der Waals surface area contributed by atoms with Gasteiger partial charge in [0.05, 0.1) is 5.70 Å². The third-order valence-electron chi connectivity index (χ3n) is 3.65. The van der Waals surface area contributed by atoms with Crippen molar-refractivity contribution in [3.05, 3.63) is 53.5 Å². The number of halogens is 1. The zero-order valence-electron chi connectivity index (χ0n) is 15.0. The van der Waals surface area contributed by atoms with Crippen molar-refractivity contribution in [1.82, 2.24) is 9.78 Å². The number of hydrogen-bond acceptors (Lipinski definition) is 4. The molecule has 5 nitrogen and oxygen atoms in total. The number of rotatable bonds is 5. The number of carbonyl (C=O) groups excluding carboxylic acids is 1. The molecule has 2 rings (SSSR count). The fourth-order valence-electron chi connectivity index (χ4n) is 2.26. The van der Waals surface area contributed by atoms with Crippen LogP contribution in [0.4, 0.5) is 10.2 Å². The molecule has 6 heteroatoms. The standard InChI is InChI=1S/C19H23FN4O/c1-6-14(21-5)16-15(20)17(22-12-13-10-8-7-9-11-13)24(23-16)18(25)19(2,3)4/h6-11,22H,5,12H2,1-4H3. The summed E-state index contributed by atoms with van der Waals surface area (Å²) in [5.41, 5.74) is 0.551. The highest BCUT2D eigenvalue weighted by Gasteiger charge is 2.30. The minimum absolute atomic E-state index is 0.00524. The maximum atomic E-state index is 14.9.